The zero-order valence-electron chi connectivity index (χ0n) is 33.0. The Balaban J connectivity index is 1.08. The van der Waals surface area contributed by atoms with E-state index in [4.69, 9.17) is 9.97 Å². The van der Waals surface area contributed by atoms with Gasteiger partial charge in [0.2, 0.25) is 0 Å². The number of hydrogen-bond acceptors (Lipinski definition) is 2. The second-order valence-corrected chi connectivity index (χ2v) is 16.2. The van der Waals surface area contributed by atoms with Crippen molar-refractivity contribution in [3.05, 3.63) is 217 Å². The Morgan fingerprint density at radius 1 is 0.305 bits per heavy atom. The maximum absolute atomic E-state index is 5.32. The van der Waals surface area contributed by atoms with Gasteiger partial charge in [0.1, 0.15) is 0 Å². The van der Waals surface area contributed by atoms with Crippen LogP contribution in [0.5, 0.6) is 0 Å². The minimum atomic E-state index is -0.0808. The van der Waals surface area contributed by atoms with Gasteiger partial charge in [-0.15, -0.1) is 0 Å². The second-order valence-electron chi connectivity index (χ2n) is 16.2. The van der Waals surface area contributed by atoms with E-state index in [-0.39, 0.29) is 5.41 Å². The van der Waals surface area contributed by atoms with Crippen LogP contribution in [-0.4, -0.2) is 9.97 Å². The van der Waals surface area contributed by atoms with Crippen LogP contribution in [0.4, 0.5) is 0 Å². The van der Waals surface area contributed by atoms with Crippen LogP contribution in [0.25, 0.3) is 100.0 Å². The summed E-state index contributed by atoms with van der Waals surface area (Å²) in [5.41, 5.74) is 17.3. The molecule has 1 aliphatic carbocycles. The molecule has 0 bridgehead atoms. The summed E-state index contributed by atoms with van der Waals surface area (Å²) in [6.45, 7) is 4.72. The molecule has 0 aliphatic heterocycles. The fraction of sp³-hybridized carbons (Fsp3) is 0.0526. The van der Waals surface area contributed by atoms with Gasteiger partial charge in [0, 0.05) is 22.1 Å². The molecule has 0 amide bonds. The molecule has 10 aromatic rings. The quantitative estimate of drug-likeness (QED) is 0.169. The third kappa shape index (κ3) is 5.96. The van der Waals surface area contributed by atoms with E-state index in [2.05, 4.69) is 214 Å². The maximum Gasteiger partial charge on any atom is 0.160 e. The molecule has 11 rings (SSSR count). The maximum atomic E-state index is 5.32. The zero-order valence-corrected chi connectivity index (χ0v) is 33.0. The lowest BCUT2D eigenvalue weighted by atomic mass is 9.81. The number of fused-ring (bicyclic) bond motifs is 5. The first-order valence-corrected chi connectivity index (χ1v) is 20.4. The van der Waals surface area contributed by atoms with Crippen molar-refractivity contribution in [2.45, 2.75) is 19.3 Å². The van der Waals surface area contributed by atoms with Crippen molar-refractivity contribution in [3.63, 3.8) is 0 Å². The van der Waals surface area contributed by atoms with E-state index in [0.29, 0.717) is 5.82 Å². The highest BCUT2D eigenvalue weighted by molar-refractivity contribution is 6.06. The molecule has 2 heteroatoms. The molecule has 0 unspecified atom stereocenters. The Hall–Kier alpha value is -7.42. The predicted octanol–water partition coefficient (Wildman–Crippen LogP) is 15.1. The Morgan fingerprint density at radius 2 is 0.814 bits per heavy atom. The minimum Gasteiger partial charge on any atom is -0.228 e. The number of aromatic nitrogens is 2. The van der Waals surface area contributed by atoms with Crippen molar-refractivity contribution in [1.29, 1.82) is 0 Å². The molecule has 0 radical (unpaired) electrons. The smallest absolute Gasteiger partial charge is 0.160 e. The van der Waals surface area contributed by atoms with Gasteiger partial charge in [-0.3, -0.25) is 0 Å². The topological polar surface area (TPSA) is 25.8 Å². The van der Waals surface area contributed by atoms with Crippen LogP contribution in [0.1, 0.15) is 25.0 Å². The van der Waals surface area contributed by atoms with Crippen LogP contribution in [-0.2, 0) is 5.41 Å². The van der Waals surface area contributed by atoms with Crippen LogP contribution < -0.4 is 0 Å². The van der Waals surface area contributed by atoms with Crippen LogP contribution in [0.15, 0.2) is 206 Å². The molecule has 0 saturated heterocycles. The van der Waals surface area contributed by atoms with E-state index in [1.54, 1.807) is 0 Å². The van der Waals surface area contributed by atoms with Gasteiger partial charge in [-0.05, 0) is 108 Å². The number of hydrogen-bond donors (Lipinski definition) is 0. The number of rotatable bonds is 6. The molecule has 1 heterocycles. The molecule has 1 aromatic heterocycles. The fourth-order valence-corrected chi connectivity index (χ4v) is 9.25. The van der Waals surface area contributed by atoms with Gasteiger partial charge in [0.25, 0.3) is 0 Å². The van der Waals surface area contributed by atoms with E-state index in [9.17, 15) is 0 Å². The van der Waals surface area contributed by atoms with Gasteiger partial charge >= 0.3 is 0 Å². The van der Waals surface area contributed by atoms with E-state index < -0.39 is 0 Å². The standard InChI is InChI=1S/C57H40N2/c1-57(2)52-31-27-43(34-50(52)51-33-40-22-12-13-23-41(40)35-53(51)57)44-29-30-47(46-25-15-14-24-45(44)46)54-36-55(59-56(58-54)39-20-10-5-11-21-39)48-28-26-42(37-16-6-3-7-17-37)32-49(48)38-18-8-4-9-19-38/h3-36H,1-2H3. The minimum absolute atomic E-state index is 0.0808. The van der Waals surface area contributed by atoms with Crippen LogP contribution >= 0.6 is 0 Å². The number of nitrogens with zero attached hydrogens (tertiary/aromatic N) is 2. The molecule has 0 fully saturated rings. The van der Waals surface area contributed by atoms with Crippen molar-refractivity contribution >= 4 is 21.5 Å². The van der Waals surface area contributed by atoms with Crippen molar-refractivity contribution < 1.29 is 0 Å². The Labute approximate surface area is 345 Å². The van der Waals surface area contributed by atoms with E-state index in [1.165, 1.54) is 60.7 Å². The summed E-state index contributed by atoms with van der Waals surface area (Å²) in [5, 5.41) is 4.91. The molecular formula is C57H40N2. The monoisotopic (exact) mass is 752 g/mol. The molecule has 9 aromatic carbocycles. The van der Waals surface area contributed by atoms with Gasteiger partial charge in [0.05, 0.1) is 11.4 Å². The predicted molar refractivity (Wildman–Crippen MR) is 247 cm³/mol. The summed E-state index contributed by atoms with van der Waals surface area (Å²) in [6.07, 6.45) is 0. The highest BCUT2D eigenvalue weighted by Gasteiger charge is 2.36. The van der Waals surface area contributed by atoms with E-state index in [1.807, 2.05) is 6.07 Å². The van der Waals surface area contributed by atoms with Gasteiger partial charge in [-0.1, -0.05) is 190 Å². The molecule has 1 aliphatic rings. The molecule has 0 atom stereocenters. The molecule has 0 N–H and O–H groups in total. The van der Waals surface area contributed by atoms with E-state index in [0.717, 1.165) is 44.6 Å². The van der Waals surface area contributed by atoms with Crippen molar-refractivity contribution in [2.75, 3.05) is 0 Å². The zero-order chi connectivity index (χ0) is 39.5. The summed E-state index contributed by atoms with van der Waals surface area (Å²) in [6, 6.07) is 74.4. The summed E-state index contributed by atoms with van der Waals surface area (Å²) >= 11 is 0. The molecule has 2 nitrogen and oxygen atoms in total. The van der Waals surface area contributed by atoms with Gasteiger partial charge in [0.15, 0.2) is 5.82 Å². The second kappa shape index (κ2) is 13.9. The summed E-state index contributed by atoms with van der Waals surface area (Å²) in [5.74, 6) is 0.699. The molecule has 278 valence electrons. The lowest BCUT2D eigenvalue weighted by molar-refractivity contribution is 0.661. The first-order chi connectivity index (χ1) is 29.0. The van der Waals surface area contributed by atoms with Crippen molar-refractivity contribution in [2.24, 2.45) is 0 Å². The van der Waals surface area contributed by atoms with Crippen LogP contribution in [0.2, 0.25) is 0 Å². The Morgan fingerprint density at radius 3 is 1.53 bits per heavy atom. The van der Waals surface area contributed by atoms with Gasteiger partial charge < -0.3 is 0 Å². The lowest BCUT2D eigenvalue weighted by Gasteiger charge is -2.22. The summed E-state index contributed by atoms with van der Waals surface area (Å²) in [7, 11) is 0. The Bertz CT molecular complexity index is 3220. The lowest BCUT2D eigenvalue weighted by Crippen LogP contribution is -2.14. The SMILES string of the molecule is CC1(C)c2ccc(-c3ccc(-c4cc(-c5ccc(-c6ccccc6)cc5-c5ccccc5)nc(-c5ccccc5)n4)c4ccccc34)cc2-c2cc3ccccc3cc21. The third-order valence-corrected chi connectivity index (χ3v) is 12.3. The first-order valence-electron chi connectivity index (χ1n) is 20.4. The molecule has 0 saturated carbocycles. The third-order valence-electron chi connectivity index (χ3n) is 12.3. The summed E-state index contributed by atoms with van der Waals surface area (Å²) in [4.78, 5) is 10.6. The van der Waals surface area contributed by atoms with Crippen molar-refractivity contribution in [1.82, 2.24) is 9.97 Å². The highest BCUT2D eigenvalue weighted by Crippen LogP contribution is 2.51. The Kier molecular flexibility index (Phi) is 8.20. The largest absolute Gasteiger partial charge is 0.228 e. The van der Waals surface area contributed by atoms with Crippen molar-refractivity contribution in [3.8, 4) is 78.4 Å². The van der Waals surface area contributed by atoms with Crippen LogP contribution in [0, 0.1) is 0 Å². The highest BCUT2D eigenvalue weighted by atomic mass is 14.9. The van der Waals surface area contributed by atoms with Crippen LogP contribution in [0.3, 0.4) is 0 Å². The normalized spacial score (nSPS) is 12.7. The molecule has 0 spiro atoms. The molecular weight excluding hydrogens is 713 g/mol. The van der Waals surface area contributed by atoms with E-state index >= 15 is 0 Å². The average Bonchev–Trinajstić information content (AvgIpc) is 3.52. The fourth-order valence-electron chi connectivity index (χ4n) is 9.25. The van der Waals surface area contributed by atoms with Gasteiger partial charge in [-0.25, -0.2) is 9.97 Å². The van der Waals surface area contributed by atoms with Gasteiger partial charge in [-0.2, -0.15) is 0 Å². The molecule has 59 heavy (non-hydrogen) atoms. The average molecular weight is 753 g/mol. The summed E-state index contributed by atoms with van der Waals surface area (Å²) < 4.78 is 0. The first kappa shape index (κ1) is 34.8. The number of benzene rings is 9.